The molecule has 0 bridgehead atoms. The highest BCUT2D eigenvalue weighted by atomic mass is 32.2. The van der Waals surface area contributed by atoms with Crippen LogP contribution in [0.2, 0.25) is 0 Å². The lowest BCUT2D eigenvalue weighted by Crippen LogP contribution is -2.12. The number of ether oxygens (including phenoxy) is 1. The quantitative estimate of drug-likeness (QED) is 0.815. The highest BCUT2D eigenvalue weighted by molar-refractivity contribution is 7.93. The molecule has 0 amide bonds. The van der Waals surface area contributed by atoms with Crippen molar-refractivity contribution in [2.24, 2.45) is 0 Å². The monoisotopic (exact) mass is 344 g/mol. The number of nitrogens with zero attached hydrogens (tertiary/aromatic N) is 1. The first-order valence-electron chi connectivity index (χ1n) is 6.35. The van der Waals surface area contributed by atoms with Gasteiger partial charge >= 0.3 is 5.97 Å². The molecule has 0 aliphatic rings. The van der Waals surface area contributed by atoms with Gasteiger partial charge in [0.1, 0.15) is 5.82 Å². The maximum absolute atomic E-state index is 12.8. The number of hydrogen-bond acceptors (Lipinski definition) is 6. The van der Waals surface area contributed by atoms with E-state index < -0.39 is 21.8 Å². The van der Waals surface area contributed by atoms with Crippen molar-refractivity contribution in [3.63, 3.8) is 0 Å². The standard InChI is InChI=1S/C13H13FN2O4S2/c1-2-3-11(17)20-12-8-15-13(21-12)16-22(18,19)10-6-4-9(14)5-7-10/h4-8H,2-3H2,1H3,(H,15,16). The number of hydrogen-bond donors (Lipinski definition) is 1. The fourth-order valence-electron chi connectivity index (χ4n) is 1.51. The SMILES string of the molecule is CCCC(=O)Oc1cnc(NS(=O)(=O)c2ccc(F)cc2)s1. The van der Waals surface area contributed by atoms with E-state index in [1.54, 1.807) is 0 Å². The first-order chi connectivity index (χ1) is 10.4. The van der Waals surface area contributed by atoms with Crippen molar-refractivity contribution in [2.75, 3.05) is 4.72 Å². The van der Waals surface area contributed by atoms with Crippen molar-refractivity contribution in [3.8, 4) is 5.06 Å². The van der Waals surface area contributed by atoms with Crippen molar-refractivity contribution >= 4 is 32.5 Å². The van der Waals surface area contributed by atoms with Gasteiger partial charge in [-0.15, -0.1) is 0 Å². The largest absolute Gasteiger partial charge is 0.414 e. The zero-order valence-electron chi connectivity index (χ0n) is 11.6. The zero-order chi connectivity index (χ0) is 16.2. The molecule has 118 valence electrons. The topological polar surface area (TPSA) is 85.4 Å². The fourth-order valence-corrected chi connectivity index (χ4v) is 3.44. The van der Waals surface area contributed by atoms with E-state index in [9.17, 15) is 17.6 Å². The summed E-state index contributed by atoms with van der Waals surface area (Å²) in [7, 11) is -3.86. The van der Waals surface area contributed by atoms with Gasteiger partial charge in [-0.05, 0) is 30.7 Å². The second kappa shape index (κ2) is 6.84. The molecule has 0 aliphatic heterocycles. The van der Waals surface area contributed by atoms with E-state index in [1.807, 2.05) is 6.92 Å². The maximum atomic E-state index is 12.8. The van der Waals surface area contributed by atoms with Gasteiger partial charge in [-0.1, -0.05) is 18.3 Å². The highest BCUT2D eigenvalue weighted by Gasteiger charge is 2.17. The number of anilines is 1. The van der Waals surface area contributed by atoms with Gasteiger partial charge in [0.15, 0.2) is 5.13 Å². The molecule has 1 aromatic heterocycles. The van der Waals surface area contributed by atoms with E-state index in [4.69, 9.17) is 4.74 Å². The molecule has 1 N–H and O–H groups in total. The number of rotatable bonds is 6. The molecule has 0 radical (unpaired) electrons. The minimum atomic E-state index is -3.86. The van der Waals surface area contributed by atoms with Crippen LogP contribution in [0.3, 0.4) is 0 Å². The molecule has 0 saturated carbocycles. The van der Waals surface area contributed by atoms with Crippen molar-refractivity contribution < 1.29 is 22.3 Å². The van der Waals surface area contributed by atoms with Gasteiger partial charge in [0.2, 0.25) is 5.06 Å². The highest BCUT2D eigenvalue weighted by Crippen LogP contribution is 2.28. The summed E-state index contributed by atoms with van der Waals surface area (Å²) in [5.41, 5.74) is 0. The molecule has 22 heavy (non-hydrogen) atoms. The molecule has 2 rings (SSSR count). The van der Waals surface area contributed by atoms with Crippen LogP contribution in [0.15, 0.2) is 35.4 Å². The Kier molecular flexibility index (Phi) is 5.09. The third-order valence-electron chi connectivity index (χ3n) is 2.50. The molecule has 0 atom stereocenters. The third-order valence-corrected chi connectivity index (χ3v) is 4.77. The predicted octanol–water partition coefficient (Wildman–Crippen LogP) is 2.79. The van der Waals surface area contributed by atoms with Crippen LogP contribution in [-0.4, -0.2) is 19.4 Å². The lowest BCUT2D eigenvalue weighted by molar-refractivity contribution is -0.134. The summed E-state index contributed by atoms with van der Waals surface area (Å²) < 4.78 is 44.2. The number of benzene rings is 1. The van der Waals surface area contributed by atoms with Crippen LogP contribution in [0.25, 0.3) is 0 Å². The van der Waals surface area contributed by atoms with Gasteiger partial charge in [-0.2, -0.15) is 0 Å². The Morgan fingerprint density at radius 2 is 2.05 bits per heavy atom. The van der Waals surface area contributed by atoms with Crippen LogP contribution < -0.4 is 9.46 Å². The Bertz CT molecular complexity index is 757. The molecule has 9 heteroatoms. The second-order valence-corrected chi connectivity index (χ2v) is 6.94. The molecule has 6 nitrogen and oxygen atoms in total. The lowest BCUT2D eigenvalue weighted by Gasteiger charge is -2.04. The summed E-state index contributed by atoms with van der Waals surface area (Å²) >= 11 is 0.893. The Hall–Kier alpha value is -2.00. The average Bonchev–Trinajstić information content (AvgIpc) is 2.85. The molecule has 1 aromatic carbocycles. The number of nitrogens with one attached hydrogen (secondary N) is 1. The summed E-state index contributed by atoms with van der Waals surface area (Å²) in [6, 6.07) is 4.39. The van der Waals surface area contributed by atoms with Crippen LogP contribution in [-0.2, 0) is 14.8 Å². The molecular weight excluding hydrogens is 331 g/mol. The Balaban J connectivity index is 2.09. The fraction of sp³-hybridized carbons (Fsp3) is 0.231. The molecule has 2 aromatic rings. The third kappa shape index (κ3) is 4.25. The van der Waals surface area contributed by atoms with Crippen LogP contribution >= 0.6 is 11.3 Å². The predicted molar refractivity (Wildman–Crippen MR) is 79.9 cm³/mol. The van der Waals surface area contributed by atoms with Crippen LogP contribution in [0.4, 0.5) is 9.52 Å². The van der Waals surface area contributed by atoms with E-state index >= 15 is 0 Å². The summed E-state index contributed by atoms with van der Waals surface area (Å²) in [5, 5.41) is 0.263. The van der Waals surface area contributed by atoms with Gasteiger partial charge in [0.25, 0.3) is 10.0 Å². The summed E-state index contributed by atoms with van der Waals surface area (Å²) in [6.07, 6.45) is 2.19. The average molecular weight is 344 g/mol. The molecule has 0 spiro atoms. The Labute approximate surface area is 131 Å². The summed E-state index contributed by atoms with van der Waals surface area (Å²) in [5.74, 6) is -0.933. The summed E-state index contributed by atoms with van der Waals surface area (Å²) in [6.45, 7) is 1.84. The van der Waals surface area contributed by atoms with E-state index in [2.05, 4.69) is 9.71 Å². The molecule has 0 fully saturated rings. The summed E-state index contributed by atoms with van der Waals surface area (Å²) in [4.78, 5) is 15.1. The Morgan fingerprint density at radius 3 is 2.68 bits per heavy atom. The van der Waals surface area contributed by atoms with Crippen LogP contribution in [0, 0.1) is 5.82 Å². The Morgan fingerprint density at radius 1 is 1.36 bits per heavy atom. The second-order valence-electron chi connectivity index (χ2n) is 4.27. The smallest absolute Gasteiger partial charge is 0.312 e. The van der Waals surface area contributed by atoms with E-state index in [0.717, 1.165) is 35.6 Å². The number of halogens is 1. The minimum Gasteiger partial charge on any atom is -0.414 e. The molecule has 0 saturated heterocycles. The van der Waals surface area contributed by atoms with Gasteiger partial charge in [0, 0.05) is 6.42 Å². The number of carbonyl (C=O) groups is 1. The van der Waals surface area contributed by atoms with Crippen LogP contribution in [0.5, 0.6) is 5.06 Å². The number of esters is 1. The minimum absolute atomic E-state index is 0.0589. The lowest BCUT2D eigenvalue weighted by atomic mass is 10.3. The molecule has 1 heterocycles. The molecule has 0 aliphatic carbocycles. The van der Waals surface area contributed by atoms with Crippen molar-refractivity contribution in [3.05, 3.63) is 36.3 Å². The zero-order valence-corrected chi connectivity index (χ0v) is 13.2. The van der Waals surface area contributed by atoms with Crippen molar-refractivity contribution in [2.45, 2.75) is 24.7 Å². The van der Waals surface area contributed by atoms with Crippen LogP contribution in [0.1, 0.15) is 19.8 Å². The van der Waals surface area contributed by atoms with Gasteiger partial charge in [-0.3, -0.25) is 9.52 Å². The first kappa shape index (κ1) is 16.4. The normalized spacial score (nSPS) is 11.2. The first-order valence-corrected chi connectivity index (χ1v) is 8.65. The van der Waals surface area contributed by atoms with E-state index in [-0.39, 0.29) is 21.5 Å². The van der Waals surface area contributed by atoms with Crippen molar-refractivity contribution in [1.29, 1.82) is 0 Å². The van der Waals surface area contributed by atoms with E-state index in [1.165, 1.54) is 6.20 Å². The van der Waals surface area contributed by atoms with Crippen molar-refractivity contribution in [1.82, 2.24) is 4.98 Å². The van der Waals surface area contributed by atoms with E-state index in [0.29, 0.717) is 6.42 Å². The van der Waals surface area contributed by atoms with Gasteiger partial charge < -0.3 is 4.74 Å². The number of thiazole rings is 1. The number of sulfonamides is 1. The number of carbonyl (C=O) groups excluding carboxylic acids is 1. The van der Waals surface area contributed by atoms with Gasteiger partial charge in [0.05, 0.1) is 11.1 Å². The molecular formula is C13H13FN2O4S2. The number of aromatic nitrogens is 1. The van der Waals surface area contributed by atoms with Gasteiger partial charge in [-0.25, -0.2) is 17.8 Å². The molecule has 0 unspecified atom stereocenters. The maximum Gasteiger partial charge on any atom is 0.312 e.